The van der Waals surface area contributed by atoms with E-state index in [4.69, 9.17) is 21.2 Å². The molecule has 2 saturated heterocycles. The number of H-pyrrole nitrogens is 3. The monoisotopic (exact) mass is 957 g/mol. The second kappa shape index (κ2) is 20.0. The summed E-state index contributed by atoms with van der Waals surface area (Å²) >= 11 is 0. The molecule has 12 nitrogen and oxygen atoms in total. The number of rotatable bonds is 15. The number of carbonyl (C=O) groups is 1. The molecule has 5 aromatic carbocycles. The quantitative estimate of drug-likeness (QED) is 0.0588. The van der Waals surface area contributed by atoms with E-state index in [-0.39, 0.29) is 43.7 Å². The molecule has 2 aliphatic rings. The minimum atomic E-state index is -1.16. The minimum absolute atomic E-state index is 0.00248. The number of nitrogens with zero attached hydrogens (tertiary/aromatic N) is 4. The third-order valence-corrected chi connectivity index (χ3v) is 14.3. The maximum Gasteiger partial charge on any atom is 0.240 e. The van der Waals surface area contributed by atoms with Crippen molar-refractivity contribution in [2.75, 3.05) is 13.1 Å². The van der Waals surface area contributed by atoms with Gasteiger partial charge in [-0.3, -0.25) is 9.69 Å². The van der Waals surface area contributed by atoms with Gasteiger partial charge >= 0.3 is 0 Å². The number of hydrogen-bond donors (Lipinski definition) is 6. The first kappa shape index (κ1) is 47.7. The Kier molecular flexibility index (Phi) is 13.5. The van der Waals surface area contributed by atoms with Crippen molar-refractivity contribution in [1.29, 1.82) is 0 Å². The van der Waals surface area contributed by atoms with Crippen molar-refractivity contribution in [3.8, 4) is 61.8 Å². The Balaban J connectivity index is 0.929. The van der Waals surface area contributed by atoms with Gasteiger partial charge in [0, 0.05) is 53.0 Å². The van der Waals surface area contributed by atoms with Crippen LogP contribution < -0.4 is 16.2 Å². The van der Waals surface area contributed by atoms with Gasteiger partial charge in [-0.15, -0.1) is 0 Å². The number of amides is 1. The first-order valence-corrected chi connectivity index (χ1v) is 24.6. The van der Waals surface area contributed by atoms with Crippen molar-refractivity contribution < 1.29 is 23.4 Å². The van der Waals surface area contributed by atoms with Crippen molar-refractivity contribution in [2.45, 2.75) is 89.9 Å². The van der Waals surface area contributed by atoms with Gasteiger partial charge in [0.1, 0.15) is 42.6 Å². The van der Waals surface area contributed by atoms with Crippen LogP contribution in [0.15, 0.2) is 134 Å². The number of alkyl halides is 2. The van der Waals surface area contributed by atoms with E-state index < -0.39 is 42.7 Å². The van der Waals surface area contributed by atoms with E-state index in [2.05, 4.69) is 92.7 Å². The number of aliphatic hydroxyl groups is 1. The van der Waals surface area contributed by atoms with Crippen LogP contribution in [0.25, 0.3) is 66.9 Å². The van der Waals surface area contributed by atoms with E-state index in [0.29, 0.717) is 24.0 Å². The van der Waals surface area contributed by atoms with Crippen molar-refractivity contribution in [3.63, 3.8) is 0 Å². The van der Waals surface area contributed by atoms with Gasteiger partial charge in [0.05, 0.1) is 54.1 Å². The molecule has 1 amide bonds. The highest BCUT2D eigenvalue weighted by Gasteiger charge is 2.42. The SMILES string of the molecule is CC(C)[C@H](N)C(O)N1C[C@H](F)C[C@H]1c1ncc(-c2ccc(-c3cc4cc(-c5cnc([C@@H]6C[C@@H](F)CN6C(=O)[C@@H](N)C(C)C)[nH]5)ccc4[nH]3)c(OCc3ccc(-c4ccc(-c5ccccc5)cc4)cc3)c2)[nH]1. The molecule has 366 valence electrons. The largest absolute Gasteiger partial charge is 0.488 e. The number of aliphatic hydroxyl groups excluding tert-OH is 1. The van der Waals surface area contributed by atoms with E-state index >= 15 is 0 Å². The number of benzene rings is 5. The molecule has 10 rings (SSSR count). The zero-order chi connectivity index (χ0) is 49.5. The summed E-state index contributed by atoms with van der Waals surface area (Å²) in [5, 5.41) is 12.1. The molecule has 0 bridgehead atoms. The van der Waals surface area contributed by atoms with E-state index in [1.165, 1.54) is 10.5 Å². The van der Waals surface area contributed by atoms with Gasteiger partial charge in [-0.25, -0.2) is 18.7 Å². The van der Waals surface area contributed by atoms with Crippen LogP contribution in [-0.2, 0) is 11.4 Å². The molecule has 14 heteroatoms. The van der Waals surface area contributed by atoms with Crippen LogP contribution in [0, 0.1) is 11.8 Å². The van der Waals surface area contributed by atoms with Crippen LogP contribution >= 0.6 is 0 Å². The number of likely N-dealkylation sites (tertiary alicyclic amines) is 2. The first-order chi connectivity index (χ1) is 34.3. The second-order valence-electron chi connectivity index (χ2n) is 19.9. The predicted molar refractivity (Wildman–Crippen MR) is 275 cm³/mol. The number of halogens is 2. The Labute approximate surface area is 412 Å². The molecule has 2 fully saturated rings. The third kappa shape index (κ3) is 9.90. The van der Waals surface area contributed by atoms with Gasteiger partial charge in [-0.2, -0.15) is 0 Å². The number of nitrogens with one attached hydrogen (secondary N) is 3. The minimum Gasteiger partial charge on any atom is -0.488 e. The highest BCUT2D eigenvalue weighted by Crippen LogP contribution is 2.40. The van der Waals surface area contributed by atoms with Crippen LogP contribution in [-0.4, -0.2) is 89.5 Å². The molecular formula is C57H61F2N9O3. The van der Waals surface area contributed by atoms with Crippen molar-refractivity contribution in [1.82, 2.24) is 34.7 Å². The average Bonchev–Trinajstić information content (AvgIpc) is 4.26. The number of aromatic nitrogens is 5. The van der Waals surface area contributed by atoms with E-state index in [9.17, 15) is 18.7 Å². The molecule has 1 unspecified atom stereocenters. The predicted octanol–water partition coefficient (Wildman–Crippen LogP) is 10.5. The summed E-state index contributed by atoms with van der Waals surface area (Å²) in [6.45, 7) is 8.01. The number of ether oxygens (including phenoxy) is 1. The van der Waals surface area contributed by atoms with Gasteiger partial charge in [0.25, 0.3) is 0 Å². The zero-order valence-corrected chi connectivity index (χ0v) is 40.4. The van der Waals surface area contributed by atoms with E-state index in [0.717, 1.165) is 66.9 Å². The Morgan fingerprint density at radius 2 is 1.24 bits per heavy atom. The number of carbonyl (C=O) groups excluding carboxylic acids is 1. The first-order valence-electron chi connectivity index (χ1n) is 24.6. The number of imidazole rings is 2. The Morgan fingerprint density at radius 3 is 1.89 bits per heavy atom. The van der Waals surface area contributed by atoms with Gasteiger partial charge in [-0.1, -0.05) is 119 Å². The van der Waals surface area contributed by atoms with Crippen LogP contribution in [0.3, 0.4) is 0 Å². The molecule has 0 saturated carbocycles. The summed E-state index contributed by atoms with van der Waals surface area (Å²) in [7, 11) is 0. The van der Waals surface area contributed by atoms with E-state index in [1.807, 2.05) is 76.2 Å². The number of nitrogens with two attached hydrogens (primary N) is 2. The molecule has 0 aliphatic carbocycles. The lowest BCUT2D eigenvalue weighted by molar-refractivity contribution is -0.134. The number of aromatic amines is 3. The maximum atomic E-state index is 15.0. The Bertz CT molecular complexity index is 3110. The standard InChI is InChI=1S/C57H61F2N9O3/c1-32(2)52(60)56(69)67-29-42(58)25-49(67)54-62-27-47(65-54)39-19-21-45-41(22-39)23-46(64-45)44-20-18-40(48-28-63-55(66-48)50-26-43(59)30-68(50)57(70)53(61)33(3)4)24-51(44)71-31-34-10-12-36(13-11-34)38-16-14-37(15-17-38)35-8-6-5-7-9-35/h5-24,27-28,32-33,42-43,49-50,52-53,57,64,70H,25-26,29-31,60-61H2,1-4H3,(H,62,65)(H,63,66)/t42-,43-,49+,50+,52+,53+,57?/m1/s1. The number of hydrogen-bond acceptors (Lipinski definition) is 8. The summed E-state index contributed by atoms with van der Waals surface area (Å²) in [6, 6.07) is 39.2. The summed E-state index contributed by atoms with van der Waals surface area (Å²) in [5.74, 6) is 1.36. The van der Waals surface area contributed by atoms with Crippen molar-refractivity contribution in [2.24, 2.45) is 23.3 Å². The molecular weight excluding hydrogens is 897 g/mol. The molecule has 7 atom stereocenters. The Morgan fingerprint density at radius 1 is 0.676 bits per heavy atom. The van der Waals surface area contributed by atoms with Crippen molar-refractivity contribution >= 4 is 16.8 Å². The normalized spacial score (nSPS) is 19.8. The summed E-state index contributed by atoms with van der Waals surface area (Å²) in [4.78, 5) is 36.3. The molecule has 0 radical (unpaired) electrons. The smallest absolute Gasteiger partial charge is 0.240 e. The molecule has 3 aromatic heterocycles. The highest BCUT2D eigenvalue weighted by molar-refractivity contribution is 5.90. The Hall–Kier alpha value is -6.97. The lowest BCUT2D eigenvalue weighted by Crippen LogP contribution is -2.50. The molecule has 8 aromatic rings. The summed E-state index contributed by atoms with van der Waals surface area (Å²) < 4.78 is 36.5. The van der Waals surface area contributed by atoms with Crippen LogP contribution in [0.1, 0.15) is 69.8 Å². The van der Waals surface area contributed by atoms with Crippen molar-refractivity contribution in [3.05, 3.63) is 151 Å². The summed E-state index contributed by atoms with van der Waals surface area (Å²) in [6.07, 6.45) is 0.498. The molecule has 5 heterocycles. The average molecular weight is 958 g/mol. The fraction of sp³-hybridized carbons (Fsp3) is 0.316. The topological polar surface area (TPSA) is 178 Å². The fourth-order valence-electron chi connectivity index (χ4n) is 9.92. The lowest BCUT2D eigenvalue weighted by Gasteiger charge is -2.33. The van der Waals surface area contributed by atoms with Crippen LogP contribution in [0.4, 0.5) is 8.78 Å². The van der Waals surface area contributed by atoms with Gasteiger partial charge in [-0.05, 0) is 70.0 Å². The lowest BCUT2D eigenvalue weighted by atomic mass is 10.00. The maximum absolute atomic E-state index is 15.0. The highest BCUT2D eigenvalue weighted by atomic mass is 19.1. The molecule has 71 heavy (non-hydrogen) atoms. The fourth-order valence-corrected chi connectivity index (χ4v) is 9.92. The second-order valence-corrected chi connectivity index (χ2v) is 19.9. The van der Waals surface area contributed by atoms with Gasteiger partial charge in [0.2, 0.25) is 5.91 Å². The number of fused-ring (bicyclic) bond motifs is 1. The summed E-state index contributed by atoms with van der Waals surface area (Å²) in [5.41, 5.74) is 23.9. The van der Waals surface area contributed by atoms with Gasteiger partial charge < -0.3 is 41.2 Å². The zero-order valence-electron chi connectivity index (χ0n) is 40.4. The molecule has 0 spiro atoms. The molecule has 2 aliphatic heterocycles. The van der Waals surface area contributed by atoms with E-state index in [1.54, 1.807) is 17.3 Å². The van der Waals surface area contributed by atoms with Crippen LogP contribution in [0.5, 0.6) is 5.75 Å². The third-order valence-electron chi connectivity index (χ3n) is 14.3. The molecule has 8 N–H and O–H groups in total. The van der Waals surface area contributed by atoms with Crippen LogP contribution in [0.2, 0.25) is 0 Å². The van der Waals surface area contributed by atoms with Gasteiger partial charge in [0.15, 0.2) is 0 Å².